The van der Waals surface area contributed by atoms with Gasteiger partial charge in [0.05, 0.1) is 11.7 Å². The summed E-state index contributed by atoms with van der Waals surface area (Å²) in [7, 11) is 0. The van der Waals surface area contributed by atoms with Crippen LogP contribution < -0.4 is 4.90 Å². The van der Waals surface area contributed by atoms with Crippen LogP contribution in [0.3, 0.4) is 0 Å². The molecule has 1 aromatic carbocycles. The van der Waals surface area contributed by atoms with Crippen LogP contribution in [-0.2, 0) is 6.42 Å². The molecule has 0 atom stereocenters. The normalized spacial score (nSPS) is 13.4. The van der Waals surface area contributed by atoms with Gasteiger partial charge in [0, 0.05) is 30.4 Å². The summed E-state index contributed by atoms with van der Waals surface area (Å²) in [5.74, 6) is -0.00592. The van der Waals surface area contributed by atoms with Crippen LogP contribution in [0.4, 0.5) is 10.2 Å². The maximum atomic E-state index is 13.4. The molecule has 0 unspecified atom stereocenters. The molecule has 0 spiro atoms. The molecule has 6 heteroatoms. The lowest BCUT2D eigenvalue weighted by Crippen LogP contribution is -2.30. The number of rotatable bonds is 1. The Labute approximate surface area is 125 Å². The van der Waals surface area contributed by atoms with Crippen molar-refractivity contribution in [3.8, 4) is 0 Å². The van der Waals surface area contributed by atoms with Crippen molar-refractivity contribution in [1.82, 2.24) is 15.0 Å². The van der Waals surface area contributed by atoms with Gasteiger partial charge in [-0.15, -0.1) is 0 Å². The number of hydrogen-bond donors (Lipinski definition) is 0. The number of aromatic nitrogens is 3. The SMILES string of the molecule is O=C(c1cnccn1)N1CCc2cc3ccc(F)cc3nc21. The second-order valence-corrected chi connectivity index (χ2v) is 5.11. The number of anilines is 1. The maximum Gasteiger partial charge on any atom is 0.279 e. The number of hydrogen-bond acceptors (Lipinski definition) is 4. The molecule has 0 radical (unpaired) electrons. The van der Waals surface area contributed by atoms with E-state index in [0.29, 0.717) is 17.9 Å². The van der Waals surface area contributed by atoms with Crippen molar-refractivity contribution in [3.05, 3.63) is 59.9 Å². The molecule has 3 aromatic rings. The van der Waals surface area contributed by atoms with E-state index in [9.17, 15) is 9.18 Å². The molecule has 3 heterocycles. The quantitative estimate of drug-likeness (QED) is 0.691. The van der Waals surface area contributed by atoms with Gasteiger partial charge in [0.1, 0.15) is 17.3 Å². The molecular formula is C16H11FN4O. The van der Waals surface area contributed by atoms with Crippen LogP contribution in [0.25, 0.3) is 10.9 Å². The highest BCUT2D eigenvalue weighted by atomic mass is 19.1. The molecule has 0 aliphatic carbocycles. The molecule has 1 amide bonds. The van der Waals surface area contributed by atoms with E-state index in [1.165, 1.54) is 30.7 Å². The molecule has 0 bridgehead atoms. The Morgan fingerprint density at radius 3 is 2.95 bits per heavy atom. The lowest BCUT2D eigenvalue weighted by Gasteiger charge is -2.15. The first kappa shape index (κ1) is 12.8. The molecule has 4 rings (SSSR count). The molecule has 1 aliphatic rings. The number of halogens is 1. The highest BCUT2D eigenvalue weighted by Crippen LogP contribution is 2.30. The number of carbonyl (C=O) groups excluding carboxylic acids is 1. The van der Waals surface area contributed by atoms with Crippen LogP contribution in [0.2, 0.25) is 0 Å². The molecule has 22 heavy (non-hydrogen) atoms. The van der Waals surface area contributed by atoms with Gasteiger partial charge in [-0.05, 0) is 30.2 Å². The minimum Gasteiger partial charge on any atom is -0.291 e. The Kier molecular flexibility index (Phi) is 2.82. The van der Waals surface area contributed by atoms with E-state index in [4.69, 9.17) is 0 Å². The number of nitrogens with zero attached hydrogens (tertiary/aromatic N) is 4. The summed E-state index contributed by atoms with van der Waals surface area (Å²) in [5.41, 5.74) is 1.80. The number of benzene rings is 1. The van der Waals surface area contributed by atoms with E-state index in [2.05, 4.69) is 15.0 Å². The number of fused-ring (bicyclic) bond motifs is 2. The van der Waals surface area contributed by atoms with Crippen molar-refractivity contribution in [2.24, 2.45) is 0 Å². The molecule has 0 fully saturated rings. The molecule has 1 aliphatic heterocycles. The Balaban J connectivity index is 1.80. The molecule has 2 aromatic heterocycles. The van der Waals surface area contributed by atoms with Gasteiger partial charge in [0.25, 0.3) is 5.91 Å². The second-order valence-electron chi connectivity index (χ2n) is 5.11. The summed E-state index contributed by atoms with van der Waals surface area (Å²) >= 11 is 0. The Hall–Kier alpha value is -2.89. The number of amides is 1. The summed E-state index contributed by atoms with van der Waals surface area (Å²) in [5, 5.41) is 0.869. The average Bonchev–Trinajstić information content (AvgIpc) is 2.95. The van der Waals surface area contributed by atoms with Crippen molar-refractivity contribution < 1.29 is 9.18 Å². The predicted octanol–water partition coefficient (Wildman–Crippen LogP) is 2.37. The fraction of sp³-hybridized carbons (Fsp3) is 0.125. The van der Waals surface area contributed by atoms with Gasteiger partial charge < -0.3 is 0 Å². The fourth-order valence-electron chi connectivity index (χ4n) is 2.68. The van der Waals surface area contributed by atoms with Crippen LogP contribution >= 0.6 is 0 Å². The Bertz CT molecular complexity index is 882. The lowest BCUT2D eigenvalue weighted by molar-refractivity contribution is 0.0983. The van der Waals surface area contributed by atoms with Crippen molar-refractivity contribution in [2.75, 3.05) is 11.4 Å². The zero-order valence-corrected chi connectivity index (χ0v) is 11.5. The highest BCUT2D eigenvalue weighted by Gasteiger charge is 2.28. The topological polar surface area (TPSA) is 59.0 Å². The van der Waals surface area contributed by atoms with E-state index >= 15 is 0 Å². The number of carbonyl (C=O) groups is 1. The van der Waals surface area contributed by atoms with Crippen LogP contribution in [0.5, 0.6) is 0 Å². The third-order valence-electron chi connectivity index (χ3n) is 3.72. The van der Waals surface area contributed by atoms with Gasteiger partial charge in [-0.25, -0.2) is 14.4 Å². The first-order chi connectivity index (χ1) is 10.7. The molecule has 0 saturated heterocycles. The lowest BCUT2D eigenvalue weighted by atomic mass is 10.1. The van der Waals surface area contributed by atoms with Gasteiger partial charge in [0.2, 0.25) is 0 Å². The summed E-state index contributed by atoms with van der Waals surface area (Å²) in [6, 6.07) is 6.44. The Morgan fingerprint density at radius 2 is 2.14 bits per heavy atom. The van der Waals surface area contributed by atoms with Gasteiger partial charge >= 0.3 is 0 Å². The largest absolute Gasteiger partial charge is 0.291 e. The monoisotopic (exact) mass is 294 g/mol. The van der Waals surface area contributed by atoms with Gasteiger partial charge in [0.15, 0.2) is 0 Å². The molecule has 5 nitrogen and oxygen atoms in total. The van der Waals surface area contributed by atoms with Gasteiger partial charge in [-0.2, -0.15) is 0 Å². The van der Waals surface area contributed by atoms with E-state index in [1.807, 2.05) is 6.07 Å². The smallest absolute Gasteiger partial charge is 0.279 e. The van der Waals surface area contributed by atoms with Crippen molar-refractivity contribution in [3.63, 3.8) is 0 Å². The van der Waals surface area contributed by atoms with Crippen molar-refractivity contribution >= 4 is 22.6 Å². The summed E-state index contributed by atoms with van der Waals surface area (Å²) in [4.78, 5) is 26.5. The molecule has 0 saturated carbocycles. The third-order valence-corrected chi connectivity index (χ3v) is 3.72. The highest BCUT2D eigenvalue weighted by molar-refractivity contribution is 6.05. The van der Waals surface area contributed by atoms with E-state index in [1.54, 1.807) is 11.0 Å². The first-order valence-electron chi connectivity index (χ1n) is 6.89. The molecule has 0 N–H and O–H groups in total. The zero-order chi connectivity index (χ0) is 15.1. The molecule has 108 valence electrons. The van der Waals surface area contributed by atoms with Crippen molar-refractivity contribution in [2.45, 2.75) is 6.42 Å². The van der Waals surface area contributed by atoms with Crippen LogP contribution in [-0.4, -0.2) is 27.4 Å². The minimum absolute atomic E-state index is 0.241. The van der Waals surface area contributed by atoms with E-state index in [0.717, 1.165) is 17.4 Å². The summed E-state index contributed by atoms with van der Waals surface area (Å²) in [6.45, 7) is 0.538. The van der Waals surface area contributed by atoms with Crippen molar-refractivity contribution in [1.29, 1.82) is 0 Å². The standard InChI is InChI=1S/C16H11FN4O/c17-12-2-1-10-7-11-3-6-21(15(11)20-13(10)8-12)16(22)14-9-18-4-5-19-14/h1-2,4-5,7-9H,3,6H2. The van der Waals surface area contributed by atoms with E-state index < -0.39 is 0 Å². The minimum atomic E-state index is -0.343. The number of pyridine rings is 1. The summed E-state index contributed by atoms with van der Waals surface area (Å²) in [6.07, 6.45) is 5.15. The van der Waals surface area contributed by atoms with Gasteiger partial charge in [-0.1, -0.05) is 0 Å². The van der Waals surface area contributed by atoms with Crippen LogP contribution in [0.15, 0.2) is 42.9 Å². The fourth-order valence-corrected chi connectivity index (χ4v) is 2.68. The second kappa shape index (κ2) is 4.84. The average molecular weight is 294 g/mol. The first-order valence-corrected chi connectivity index (χ1v) is 6.89. The summed E-state index contributed by atoms with van der Waals surface area (Å²) < 4.78 is 13.4. The Morgan fingerprint density at radius 1 is 1.23 bits per heavy atom. The van der Waals surface area contributed by atoms with Crippen LogP contribution in [0, 0.1) is 5.82 Å². The van der Waals surface area contributed by atoms with Gasteiger partial charge in [-0.3, -0.25) is 14.7 Å². The zero-order valence-electron chi connectivity index (χ0n) is 11.5. The van der Waals surface area contributed by atoms with Crippen LogP contribution in [0.1, 0.15) is 16.1 Å². The maximum absolute atomic E-state index is 13.4. The molecular weight excluding hydrogens is 283 g/mol. The van der Waals surface area contributed by atoms with E-state index in [-0.39, 0.29) is 17.4 Å². The predicted molar refractivity (Wildman–Crippen MR) is 79.1 cm³/mol. The third kappa shape index (κ3) is 2.00.